The Bertz CT molecular complexity index is 192. The van der Waals surface area contributed by atoms with Crippen LogP contribution in [0, 0.1) is 6.92 Å². The molecule has 0 amide bonds. The maximum Gasteiger partial charge on any atom is 0.00275 e. The molecule has 1 aromatic carbocycles. The van der Waals surface area contributed by atoms with Crippen molar-refractivity contribution < 1.29 is 0 Å². The van der Waals surface area contributed by atoms with Gasteiger partial charge < -0.3 is 5.32 Å². The van der Waals surface area contributed by atoms with E-state index in [1.165, 1.54) is 12.0 Å². The van der Waals surface area contributed by atoms with Crippen LogP contribution in [-0.4, -0.2) is 7.05 Å². The Morgan fingerprint density at radius 3 is 1.71 bits per heavy atom. The van der Waals surface area contributed by atoms with Crippen LogP contribution in [0.4, 0.5) is 0 Å². The molecule has 0 aliphatic rings. The fraction of sp³-hybridized carbons (Fsp3) is 0.385. The van der Waals surface area contributed by atoms with Crippen LogP contribution in [0.25, 0.3) is 0 Å². The molecule has 1 N–H and O–H groups in total. The van der Waals surface area contributed by atoms with Crippen molar-refractivity contribution >= 4 is 0 Å². The van der Waals surface area contributed by atoms with Crippen LogP contribution < -0.4 is 5.32 Å². The highest BCUT2D eigenvalue weighted by Gasteiger charge is 1.72. The van der Waals surface area contributed by atoms with Gasteiger partial charge in [0.25, 0.3) is 0 Å². The Balaban J connectivity index is 0. The molecule has 1 nitrogen and oxygen atoms in total. The van der Waals surface area contributed by atoms with Crippen LogP contribution in [-0.2, 0) is 0 Å². The van der Waals surface area contributed by atoms with Crippen molar-refractivity contribution in [2.24, 2.45) is 0 Å². The lowest BCUT2D eigenvalue weighted by molar-refractivity contribution is 1.09. The fourth-order valence-corrected chi connectivity index (χ4v) is 0.534. The predicted molar refractivity (Wildman–Crippen MR) is 66.4 cm³/mol. The monoisotopic (exact) mass is 193 g/mol. The standard InChI is InChI=1S/C7H8.C3H7N.C3H8/c1-7-5-3-2-4-6-7;1-3-4-2;1-3-2/h2-6H,1H3;3-4H,1H2,2H3;3H2,1-2H3. The Hall–Kier alpha value is -1.24. The second kappa shape index (κ2) is 14.3. The van der Waals surface area contributed by atoms with Crippen molar-refractivity contribution in [3.63, 3.8) is 0 Å². The van der Waals surface area contributed by atoms with Gasteiger partial charge in [0.1, 0.15) is 0 Å². The number of rotatable bonds is 1. The zero-order valence-corrected chi connectivity index (χ0v) is 9.88. The summed E-state index contributed by atoms with van der Waals surface area (Å²) in [5.41, 5.74) is 1.32. The summed E-state index contributed by atoms with van der Waals surface area (Å²) in [6.07, 6.45) is 2.88. The zero-order valence-electron chi connectivity index (χ0n) is 9.88. The van der Waals surface area contributed by atoms with Gasteiger partial charge in [0.15, 0.2) is 0 Å². The summed E-state index contributed by atoms with van der Waals surface area (Å²) >= 11 is 0. The minimum Gasteiger partial charge on any atom is -0.394 e. The van der Waals surface area contributed by atoms with Crippen molar-refractivity contribution in [2.75, 3.05) is 7.05 Å². The van der Waals surface area contributed by atoms with Gasteiger partial charge in [0, 0.05) is 7.05 Å². The summed E-state index contributed by atoms with van der Waals surface area (Å²) in [6, 6.07) is 10.3. The smallest absolute Gasteiger partial charge is 0.00275 e. The first kappa shape index (κ1) is 15.2. The van der Waals surface area contributed by atoms with E-state index in [0.717, 1.165) is 0 Å². The van der Waals surface area contributed by atoms with E-state index in [4.69, 9.17) is 0 Å². The van der Waals surface area contributed by atoms with Crippen LogP contribution in [0.3, 0.4) is 0 Å². The first-order valence-corrected chi connectivity index (χ1v) is 5.02. The fourth-order valence-electron chi connectivity index (χ4n) is 0.534. The maximum atomic E-state index is 3.37. The average molecular weight is 193 g/mol. The lowest BCUT2D eigenvalue weighted by atomic mass is 10.2. The first-order chi connectivity index (χ1) is 6.72. The molecule has 0 aliphatic carbocycles. The van der Waals surface area contributed by atoms with E-state index in [0.29, 0.717) is 0 Å². The maximum absolute atomic E-state index is 3.37. The molecule has 14 heavy (non-hydrogen) atoms. The number of nitrogens with one attached hydrogen (secondary N) is 1. The van der Waals surface area contributed by atoms with Gasteiger partial charge in [0.05, 0.1) is 0 Å². The van der Waals surface area contributed by atoms with Gasteiger partial charge in [-0.2, -0.15) is 0 Å². The zero-order chi connectivity index (χ0) is 11.2. The molecule has 0 aromatic heterocycles. The molecule has 0 aliphatic heterocycles. The van der Waals surface area contributed by atoms with Crippen molar-refractivity contribution in [3.05, 3.63) is 48.7 Å². The summed E-state index contributed by atoms with van der Waals surface area (Å²) in [5, 5.41) is 2.69. The molecule has 0 unspecified atom stereocenters. The summed E-state index contributed by atoms with van der Waals surface area (Å²) in [4.78, 5) is 0. The topological polar surface area (TPSA) is 12.0 Å². The Morgan fingerprint density at radius 1 is 1.21 bits per heavy atom. The summed E-state index contributed by atoms with van der Waals surface area (Å²) in [7, 11) is 1.81. The lowest BCUT2D eigenvalue weighted by Gasteiger charge is -1.82. The van der Waals surface area contributed by atoms with E-state index in [1.54, 1.807) is 6.20 Å². The summed E-state index contributed by atoms with van der Waals surface area (Å²) < 4.78 is 0. The van der Waals surface area contributed by atoms with Gasteiger partial charge in [-0.05, 0) is 13.1 Å². The van der Waals surface area contributed by atoms with Crippen molar-refractivity contribution in [1.82, 2.24) is 5.32 Å². The van der Waals surface area contributed by atoms with Crippen LogP contribution in [0.15, 0.2) is 43.1 Å². The first-order valence-electron chi connectivity index (χ1n) is 5.02. The molecule has 0 radical (unpaired) electrons. The lowest BCUT2D eigenvalue weighted by Crippen LogP contribution is -1.87. The highest BCUT2D eigenvalue weighted by molar-refractivity contribution is 5.11. The molecule has 0 spiro atoms. The van der Waals surface area contributed by atoms with Gasteiger partial charge in [-0.25, -0.2) is 0 Å². The van der Waals surface area contributed by atoms with Crippen molar-refractivity contribution in [3.8, 4) is 0 Å². The minimum atomic E-state index is 1.25. The Morgan fingerprint density at radius 2 is 1.57 bits per heavy atom. The van der Waals surface area contributed by atoms with Gasteiger partial charge in [-0.15, -0.1) is 0 Å². The molecule has 0 saturated carbocycles. The van der Waals surface area contributed by atoms with Gasteiger partial charge in [-0.3, -0.25) is 0 Å². The number of hydrogen-bond donors (Lipinski definition) is 1. The predicted octanol–water partition coefficient (Wildman–Crippen LogP) is 3.76. The second-order valence-corrected chi connectivity index (χ2v) is 2.85. The van der Waals surface area contributed by atoms with Crippen LogP contribution in [0.1, 0.15) is 25.8 Å². The van der Waals surface area contributed by atoms with Gasteiger partial charge in [0.2, 0.25) is 0 Å². The molecule has 1 rings (SSSR count). The van der Waals surface area contributed by atoms with Gasteiger partial charge in [-0.1, -0.05) is 62.7 Å². The molecule has 80 valence electrons. The van der Waals surface area contributed by atoms with E-state index >= 15 is 0 Å². The minimum absolute atomic E-state index is 1.25. The van der Waals surface area contributed by atoms with E-state index in [-0.39, 0.29) is 0 Å². The molecule has 1 aromatic rings. The molecule has 0 atom stereocenters. The molecule has 0 heterocycles. The SMILES string of the molecule is C=CNC.CCC.Cc1ccccc1. The number of aryl methyl sites for hydroxylation is 1. The molecule has 1 heteroatoms. The van der Waals surface area contributed by atoms with E-state index in [9.17, 15) is 0 Å². The molecular weight excluding hydrogens is 170 g/mol. The third-order valence-corrected chi connectivity index (χ3v) is 1.14. The normalized spacial score (nSPS) is 7.14. The van der Waals surface area contributed by atoms with E-state index < -0.39 is 0 Å². The van der Waals surface area contributed by atoms with Crippen molar-refractivity contribution in [2.45, 2.75) is 27.2 Å². The van der Waals surface area contributed by atoms with E-state index in [1.807, 2.05) is 25.2 Å². The molecular formula is C13H23N. The third-order valence-electron chi connectivity index (χ3n) is 1.14. The Kier molecular flexibility index (Phi) is 15.6. The highest BCUT2D eigenvalue weighted by Crippen LogP contribution is 1.92. The van der Waals surface area contributed by atoms with Crippen LogP contribution in [0.2, 0.25) is 0 Å². The molecule has 0 saturated heterocycles. The third kappa shape index (κ3) is 17.0. The number of hydrogen-bond acceptors (Lipinski definition) is 1. The quantitative estimate of drug-likeness (QED) is 0.716. The van der Waals surface area contributed by atoms with E-state index in [2.05, 4.69) is 44.8 Å². The number of benzene rings is 1. The Labute approximate surface area is 88.9 Å². The second-order valence-electron chi connectivity index (χ2n) is 2.85. The average Bonchev–Trinajstić information content (AvgIpc) is 2.21. The summed E-state index contributed by atoms with van der Waals surface area (Å²) in [6.45, 7) is 9.70. The molecule has 0 bridgehead atoms. The van der Waals surface area contributed by atoms with Gasteiger partial charge >= 0.3 is 0 Å². The highest BCUT2D eigenvalue weighted by atomic mass is 14.8. The largest absolute Gasteiger partial charge is 0.394 e. The van der Waals surface area contributed by atoms with Crippen molar-refractivity contribution in [1.29, 1.82) is 0 Å². The molecule has 0 fully saturated rings. The summed E-state index contributed by atoms with van der Waals surface area (Å²) in [5.74, 6) is 0. The van der Waals surface area contributed by atoms with Crippen LogP contribution in [0.5, 0.6) is 0 Å². The van der Waals surface area contributed by atoms with Crippen LogP contribution >= 0.6 is 0 Å².